The molecule has 1 N–H and O–H groups in total. The molecule has 6 nitrogen and oxygen atoms in total. The first-order valence-electron chi connectivity index (χ1n) is 10.1. The molecule has 0 spiro atoms. The van der Waals surface area contributed by atoms with Crippen LogP contribution in [0.2, 0.25) is 15.1 Å². The van der Waals surface area contributed by atoms with E-state index in [0.717, 1.165) is 18.4 Å². The highest BCUT2D eigenvalue weighted by molar-refractivity contribution is 6.35. The van der Waals surface area contributed by atoms with Crippen LogP contribution in [0.25, 0.3) is 0 Å². The number of aliphatic hydroxyl groups is 1. The van der Waals surface area contributed by atoms with Crippen LogP contribution in [-0.2, 0) is 0 Å². The smallest absolute Gasteiger partial charge is 0.274 e. The molecule has 0 bridgehead atoms. The predicted molar refractivity (Wildman–Crippen MR) is 124 cm³/mol. The van der Waals surface area contributed by atoms with Crippen LogP contribution in [0.15, 0.2) is 54.9 Å². The van der Waals surface area contributed by atoms with Crippen molar-refractivity contribution in [3.05, 3.63) is 86.7 Å². The lowest BCUT2D eigenvalue weighted by atomic mass is 10.0. The van der Waals surface area contributed by atoms with Crippen LogP contribution in [0.5, 0.6) is 5.88 Å². The lowest BCUT2D eigenvalue weighted by molar-refractivity contribution is 0.0671. The van der Waals surface area contributed by atoms with Crippen LogP contribution in [0.3, 0.4) is 0 Å². The molecule has 1 aliphatic rings. The van der Waals surface area contributed by atoms with Crippen molar-refractivity contribution in [2.24, 2.45) is 0 Å². The summed E-state index contributed by atoms with van der Waals surface area (Å²) in [5, 5.41) is 11.0. The molecule has 1 amide bonds. The molecule has 1 saturated heterocycles. The normalized spacial score (nSPS) is 16.8. The maximum Gasteiger partial charge on any atom is 0.274 e. The van der Waals surface area contributed by atoms with E-state index in [1.54, 1.807) is 35.2 Å². The number of aliphatic hydroxyl groups excluding tert-OH is 1. The Kier molecular flexibility index (Phi) is 7.16. The third-order valence-corrected chi connectivity index (χ3v) is 6.17. The van der Waals surface area contributed by atoms with Crippen LogP contribution in [-0.4, -0.2) is 45.1 Å². The Hall–Kier alpha value is -2.38. The predicted octanol–water partition coefficient (Wildman–Crippen LogP) is 5.20. The first kappa shape index (κ1) is 22.8. The number of rotatable bonds is 6. The van der Waals surface area contributed by atoms with Gasteiger partial charge in [0.2, 0.25) is 5.88 Å². The van der Waals surface area contributed by atoms with Crippen molar-refractivity contribution < 1.29 is 14.6 Å². The average Bonchev–Trinajstić information content (AvgIpc) is 3.27. The van der Waals surface area contributed by atoms with Gasteiger partial charge in [0.15, 0.2) is 6.10 Å². The van der Waals surface area contributed by atoms with Gasteiger partial charge in [0.1, 0.15) is 5.69 Å². The number of nitrogens with zero attached hydrogens (tertiary/aromatic N) is 3. The molecule has 1 aliphatic heterocycles. The van der Waals surface area contributed by atoms with Gasteiger partial charge in [-0.2, -0.15) is 0 Å². The molecule has 0 aliphatic carbocycles. The van der Waals surface area contributed by atoms with E-state index in [0.29, 0.717) is 27.2 Å². The number of likely N-dealkylation sites (tertiary alicyclic amines) is 1. The number of carbonyl (C=O) groups excluding carboxylic acids is 1. The first-order chi connectivity index (χ1) is 15.5. The van der Waals surface area contributed by atoms with Crippen molar-refractivity contribution in [1.82, 2.24) is 14.9 Å². The molecule has 1 aromatic heterocycles. The SMILES string of the molecule is O=C(c1cnc(OC(c2ccc(Cl)cc2)c2ccc(Cl)cc2Cl)cn1)N1CCC[C@H]1CO. The summed E-state index contributed by atoms with van der Waals surface area (Å²) in [5.41, 5.74) is 1.71. The molecule has 1 fully saturated rings. The molecule has 9 heteroatoms. The second-order valence-electron chi connectivity index (χ2n) is 7.43. The molecule has 1 unspecified atom stereocenters. The molecule has 0 saturated carbocycles. The van der Waals surface area contributed by atoms with E-state index in [4.69, 9.17) is 39.5 Å². The maximum absolute atomic E-state index is 12.7. The number of benzene rings is 2. The van der Waals surface area contributed by atoms with Crippen molar-refractivity contribution in [1.29, 1.82) is 0 Å². The van der Waals surface area contributed by atoms with Crippen molar-refractivity contribution in [3.63, 3.8) is 0 Å². The standard InChI is InChI=1S/C23H20Cl3N3O3/c24-15-5-3-14(4-6-15)22(18-8-7-16(25)10-19(18)26)32-21-12-27-20(11-28-21)23(31)29-9-1-2-17(29)13-30/h3-8,10-12,17,22,30H,1-2,9,13H2/t17-,22?/m0/s1. The van der Waals surface area contributed by atoms with Gasteiger partial charge in [0, 0.05) is 27.2 Å². The Balaban J connectivity index is 1.59. The second kappa shape index (κ2) is 10.0. The van der Waals surface area contributed by atoms with Crippen molar-refractivity contribution in [2.75, 3.05) is 13.2 Å². The monoisotopic (exact) mass is 491 g/mol. The van der Waals surface area contributed by atoms with Crippen LogP contribution in [0.4, 0.5) is 0 Å². The number of amides is 1. The summed E-state index contributed by atoms with van der Waals surface area (Å²) in [7, 11) is 0. The molecule has 3 aromatic rings. The number of hydrogen-bond acceptors (Lipinski definition) is 5. The minimum absolute atomic E-state index is 0.0645. The van der Waals surface area contributed by atoms with E-state index >= 15 is 0 Å². The van der Waals surface area contributed by atoms with Crippen LogP contribution < -0.4 is 4.74 Å². The van der Waals surface area contributed by atoms with Gasteiger partial charge < -0.3 is 14.7 Å². The molecular formula is C23H20Cl3N3O3. The number of carbonyl (C=O) groups is 1. The number of aromatic nitrogens is 2. The van der Waals surface area contributed by atoms with Crippen molar-refractivity contribution in [2.45, 2.75) is 25.0 Å². The Morgan fingerprint density at radius 3 is 2.50 bits per heavy atom. The van der Waals surface area contributed by atoms with E-state index in [-0.39, 0.29) is 30.1 Å². The highest BCUT2D eigenvalue weighted by Gasteiger charge is 2.30. The zero-order valence-electron chi connectivity index (χ0n) is 16.9. The fraction of sp³-hybridized carbons (Fsp3) is 0.261. The summed E-state index contributed by atoms with van der Waals surface area (Å²) in [6.45, 7) is 0.530. The largest absolute Gasteiger partial charge is 0.463 e. The zero-order chi connectivity index (χ0) is 22.7. The third-order valence-electron chi connectivity index (χ3n) is 5.35. The van der Waals surface area contributed by atoms with Gasteiger partial charge in [0.05, 0.1) is 25.0 Å². The van der Waals surface area contributed by atoms with Gasteiger partial charge >= 0.3 is 0 Å². The summed E-state index contributed by atoms with van der Waals surface area (Å²) in [5.74, 6) is -0.0248. The fourth-order valence-electron chi connectivity index (χ4n) is 3.71. The van der Waals surface area contributed by atoms with E-state index in [2.05, 4.69) is 9.97 Å². The van der Waals surface area contributed by atoms with Gasteiger partial charge in [-0.25, -0.2) is 9.97 Å². The quantitative estimate of drug-likeness (QED) is 0.512. The number of hydrogen-bond donors (Lipinski definition) is 1. The van der Waals surface area contributed by atoms with Gasteiger partial charge in [0.25, 0.3) is 5.91 Å². The van der Waals surface area contributed by atoms with E-state index in [9.17, 15) is 9.90 Å². The Labute approximate surface area is 200 Å². The molecule has 2 atom stereocenters. The van der Waals surface area contributed by atoms with E-state index < -0.39 is 6.10 Å². The highest BCUT2D eigenvalue weighted by atomic mass is 35.5. The number of halogens is 3. The highest BCUT2D eigenvalue weighted by Crippen LogP contribution is 2.34. The first-order valence-corrected chi connectivity index (χ1v) is 11.2. The van der Waals surface area contributed by atoms with Crippen LogP contribution in [0, 0.1) is 0 Å². The minimum atomic E-state index is -0.592. The van der Waals surface area contributed by atoms with Crippen molar-refractivity contribution in [3.8, 4) is 5.88 Å². The second-order valence-corrected chi connectivity index (χ2v) is 8.71. The summed E-state index contributed by atoms with van der Waals surface area (Å²) in [6, 6.07) is 12.2. The number of ether oxygens (including phenoxy) is 1. The van der Waals surface area contributed by atoms with Gasteiger partial charge in [-0.05, 0) is 42.7 Å². The third kappa shape index (κ3) is 4.99. The lowest BCUT2D eigenvalue weighted by Crippen LogP contribution is -2.38. The van der Waals surface area contributed by atoms with Crippen molar-refractivity contribution >= 4 is 40.7 Å². The van der Waals surface area contributed by atoms with E-state index in [1.165, 1.54) is 12.4 Å². The topological polar surface area (TPSA) is 75.5 Å². The maximum atomic E-state index is 12.7. The zero-order valence-corrected chi connectivity index (χ0v) is 19.2. The molecule has 32 heavy (non-hydrogen) atoms. The summed E-state index contributed by atoms with van der Waals surface area (Å²) in [6.07, 6.45) is 3.83. The molecule has 4 rings (SSSR count). The lowest BCUT2D eigenvalue weighted by Gasteiger charge is -2.23. The molecule has 0 radical (unpaired) electrons. The van der Waals surface area contributed by atoms with Gasteiger partial charge in [-0.15, -0.1) is 0 Å². The van der Waals surface area contributed by atoms with E-state index in [1.807, 2.05) is 12.1 Å². The molecule has 2 heterocycles. The Bertz CT molecular complexity index is 1090. The van der Waals surface area contributed by atoms with Crippen LogP contribution in [0.1, 0.15) is 40.6 Å². The van der Waals surface area contributed by atoms with Gasteiger partial charge in [-0.3, -0.25) is 4.79 Å². The summed E-state index contributed by atoms with van der Waals surface area (Å²) >= 11 is 18.5. The Morgan fingerprint density at radius 2 is 1.84 bits per heavy atom. The molecule has 2 aromatic carbocycles. The molecular weight excluding hydrogens is 473 g/mol. The Morgan fingerprint density at radius 1 is 1.09 bits per heavy atom. The fourth-order valence-corrected chi connectivity index (χ4v) is 4.34. The average molecular weight is 493 g/mol. The van der Waals surface area contributed by atoms with Crippen LogP contribution >= 0.6 is 34.8 Å². The molecule has 166 valence electrons. The van der Waals surface area contributed by atoms with Gasteiger partial charge in [-0.1, -0.05) is 53.0 Å². The summed E-state index contributed by atoms with van der Waals surface area (Å²) in [4.78, 5) is 22.9. The minimum Gasteiger partial charge on any atom is -0.463 e. The summed E-state index contributed by atoms with van der Waals surface area (Å²) < 4.78 is 6.14.